The maximum absolute atomic E-state index is 11.6. The summed E-state index contributed by atoms with van der Waals surface area (Å²) in [5, 5.41) is 11.5. The lowest BCUT2D eigenvalue weighted by atomic mass is 10.1. The molecule has 6 heteroatoms. The van der Waals surface area contributed by atoms with Gasteiger partial charge in [-0.3, -0.25) is 4.79 Å². The maximum atomic E-state index is 11.6. The van der Waals surface area contributed by atoms with Gasteiger partial charge in [0.2, 0.25) is 0 Å². The molecule has 0 aliphatic rings. The van der Waals surface area contributed by atoms with E-state index in [0.29, 0.717) is 18.7 Å². The van der Waals surface area contributed by atoms with E-state index in [1.807, 2.05) is 19.1 Å². The van der Waals surface area contributed by atoms with E-state index in [1.165, 1.54) is 0 Å². The van der Waals surface area contributed by atoms with Crippen molar-refractivity contribution in [1.29, 1.82) is 0 Å². The highest BCUT2D eigenvalue weighted by atomic mass is 79.9. The molecule has 0 aromatic heterocycles. The number of nitrogens with one attached hydrogen (secondary N) is 1. The molecular weight excluding hydrogens is 378 g/mol. The molecule has 0 aliphatic heterocycles. The van der Waals surface area contributed by atoms with Crippen molar-refractivity contribution in [3.8, 4) is 5.75 Å². The molecule has 0 heterocycles. The quantitative estimate of drug-likeness (QED) is 0.747. The zero-order valence-corrected chi connectivity index (χ0v) is 13.8. The van der Waals surface area contributed by atoms with Crippen molar-refractivity contribution in [2.75, 3.05) is 19.8 Å². The minimum Gasteiger partial charge on any atom is -0.483 e. The highest BCUT2D eigenvalue weighted by Crippen LogP contribution is 2.27. The summed E-state index contributed by atoms with van der Waals surface area (Å²) in [5.74, 6) is 0.717. The molecule has 1 aromatic carbocycles. The Morgan fingerprint density at radius 1 is 1.47 bits per heavy atom. The third kappa shape index (κ3) is 6.40. The molecule has 1 atom stereocenters. The maximum Gasteiger partial charge on any atom is 0.257 e. The zero-order chi connectivity index (χ0) is 14.3. The predicted molar refractivity (Wildman–Crippen MR) is 81.2 cm³/mol. The largest absolute Gasteiger partial charge is 0.483 e. The van der Waals surface area contributed by atoms with Gasteiger partial charge in [-0.2, -0.15) is 0 Å². The van der Waals surface area contributed by atoms with Crippen LogP contribution in [-0.4, -0.2) is 30.8 Å². The van der Waals surface area contributed by atoms with Crippen LogP contribution in [0.25, 0.3) is 0 Å². The molecule has 106 valence electrons. The van der Waals surface area contributed by atoms with Crippen molar-refractivity contribution in [3.05, 3.63) is 27.1 Å². The Bertz CT molecular complexity index is 426. The number of halogens is 2. The van der Waals surface area contributed by atoms with Gasteiger partial charge in [0.25, 0.3) is 5.91 Å². The van der Waals surface area contributed by atoms with Crippen molar-refractivity contribution in [2.45, 2.75) is 13.3 Å². The van der Waals surface area contributed by atoms with Crippen LogP contribution in [0.3, 0.4) is 0 Å². The van der Waals surface area contributed by atoms with Gasteiger partial charge >= 0.3 is 0 Å². The first-order valence-corrected chi connectivity index (χ1v) is 7.57. The van der Waals surface area contributed by atoms with E-state index in [4.69, 9.17) is 9.84 Å². The minimum atomic E-state index is -0.167. The molecule has 1 unspecified atom stereocenters. The van der Waals surface area contributed by atoms with Crippen molar-refractivity contribution in [1.82, 2.24) is 5.32 Å². The minimum absolute atomic E-state index is 0.0217. The second-order valence-corrected chi connectivity index (χ2v) is 6.05. The van der Waals surface area contributed by atoms with Crippen molar-refractivity contribution < 1.29 is 14.6 Å². The van der Waals surface area contributed by atoms with E-state index >= 15 is 0 Å². The summed E-state index contributed by atoms with van der Waals surface area (Å²) in [6.45, 7) is 2.64. The van der Waals surface area contributed by atoms with Gasteiger partial charge in [-0.15, -0.1) is 0 Å². The lowest BCUT2D eigenvalue weighted by Crippen LogP contribution is -2.32. The Hall–Kier alpha value is -0.590. The fraction of sp³-hybridized carbons (Fsp3) is 0.462. The molecule has 19 heavy (non-hydrogen) atoms. The van der Waals surface area contributed by atoms with E-state index in [9.17, 15) is 4.79 Å². The molecular formula is C13H17Br2NO3. The van der Waals surface area contributed by atoms with Crippen LogP contribution in [0.4, 0.5) is 0 Å². The summed E-state index contributed by atoms with van der Waals surface area (Å²) in [7, 11) is 0. The van der Waals surface area contributed by atoms with E-state index in [1.54, 1.807) is 6.07 Å². The van der Waals surface area contributed by atoms with Crippen LogP contribution in [0.1, 0.15) is 13.3 Å². The van der Waals surface area contributed by atoms with Crippen molar-refractivity contribution in [3.63, 3.8) is 0 Å². The topological polar surface area (TPSA) is 58.6 Å². The van der Waals surface area contributed by atoms with Crippen LogP contribution >= 0.6 is 31.9 Å². The molecule has 4 nitrogen and oxygen atoms in total. The highest BCUT2D eigenvalue weighted by molar-refractivity contribution is 9.11. The van der Waals surface area contributed by atoms with Crippen LogP contribution in [0.5, 0.6) is 5.75 Å². The lowest BCUT2D eigenvalue weighted by Gasteiger charge is -2.12. The summed E-state index contributed by atoms with van der Waals surface area (Å²) in [5.41, 5.74) is 0. The number of amides is 1. The Kier molecular flexibility index (Phi) is 7.41. The van der Waals surface area contributed by atoms with Crippen molar-refractivity contribution in [2.24, 2.45) is 5.92 Å². The van der Waals surface area contributed by atoms with Gasteiger partial charge in [-0.25, -0.2) is 0 Å². The lowest BCUT2D eigenvalue weighted by molar-refractivity contribution is -0.123. The fourth-order valence-electron chi connectivity index (χ4n) is 1.40. The smallest absolute Gasteiger partial charge is 0.257 e. The Morgan fingerprint density at radius 3 is 2.84 bits per heavy atom. The predicted octanol–water partition coefficient (Wildman–Crippen LogP) is 2.73. The molecule has 1 aromatic rings. The number of aliphatic hydroxyl groups is 1. The van der Waals surface area contributed by atoms with Crippen LogP contribution in [0.15, 0.2) is 27.1 Å². The molecule has 0 radical (unpaired) electrons. The Morgan fingerprint density at radius 2 is 2.21 bits per heavy atom. The second kappa shape index (κ2) is 8.55. The normalized spacial score (nSPS) is 12.0. The standard InChI is InChI=1S/C13H17Br2NO3/c1-9(4-5-17)7-16-13(18)8-19-12-3-2-10(14)6-11(12)15/h2-3,6,9,17H,4-5,7-8H2,1H3,(H,16,18). The summed E-state index contributed by atoms with van der Waals surface area (Å²) in [6, 6.07) is 5.49. The van der Waals surface area contributed by atoms with Gasteiger partial charge in [0.05, 0.1) is 4.47 Å². The second-order valence-electron chi connectivity index (χ2n) is 4.28. The first-order chi connectivity index (χ1) is 9.02. The van der Waals surface area contributed by atoms with Gasteiger partial charge in [-0.1, -0.05) is 22.9 Å². The number of hydrogen-bond donors (Lipinski definition) is 2. The fourth-order valence-corrected chi connectivity index (χ4v) is 2.56. The first-order valence-electron chi connectivity index (χ1n) is 5.98. The van der Waals surface area contributed by atoms with E-state index in [2.05, 4.69) is 37.2 Å². The zero-order valence-electron chi connectivity index (χ0n) is 10.7. The first kappa shape index (κ1) is 16.5. The van der Waals surface area contributed by atoms with Gasteiger partial charge < -0.3 is 15.2 Å². The average molecular weight is 395 g/mol. The number of benzene rings is 1. The van der Waals surface area contributed by atoms with Crippen molar-refractivity contribution >= 4 is 37.8 Å². The van der Waals surface area contributed by atoms with Gasteiger partial charge in [0, 0.05) is 17.6 Å². The van der Waals surface area contributed by atoms with Crippen LogP contribution in [-0.2, 0) is 4.79 Å². The summed E-state index contributed by atoms with van der Waals surface area (Å²) in [6.07, 6.45) is 0.680. The molecule has 2 N–H and O–H groups in total. The van der Waals surface area contributed by atoms with E-state index in [-0.39, 0.29) is 25.0 Å². The van der Waals surface area contributed by atoms with Gasteiger partial charge in [0.15, 0.2) is 6.61 Å². The van der Waals surface area contributed by atoms with Gasteiger partial charge in [-0.05, 0) is 46.5 Å². The highest BCUT2D eigenvalue weighted by Gasteiger charge is 2.07. The molecule has 0 saturated heterocycles. The molecule has 0 saturated carbocycles. The third-order valence-corrected chi connectivity index (χ3v) is 3.64. The van der Waals surface area contributed by atoms with E-state index in [0.717, 1.165) is 8.95 Å². The molecule has 0 bridgehead atoms. The molecule has 0 aliphatic carbocycles. The third-order valence-electron chi connectivity index (χ3n) is 2.52. The summed E-state index contributed by atoms with van der Waals surface area (Å²) in [4.78, 5) is 11.6. The number of ether oxygens (including phenoxy) is 1. The molecule has 0 fully saturated rings. The number of rotatable bonds is 7. The number of aliphatic hydroxyl groups excluding tert-OH is 1. The monoisotopic (exact) mass is 393 g/mol. The average Bonchev–Trinajstić information content (AvgIpc) is 2.35. The number of carbonyl (C=O) groups is 1. The summed E-state index contributed by atoms with van der Waals surface area (Å²) >= 11 is 6.71. The Labute approximate surface area is 129 Å². The van der Waals surface area contributed by atoms with E-state index < -0.39 is 0 Å². The molecule has 1 rings (SSSR count). The number of carbonyl (C=O) groups excluding carboxylic acids is 1. The van der Waals surface area contributed by atoms with Crippen LogP contribution in [0, 0.1) is 5.92 Å². The van der Waals surface area contributed by atoms with Gasteiger partial charge in [0.1, 0.15) is 5.75 Å². The Balaban J connectivity index is 2.33. The van der Waals surface area contributed by atoms with Crippen LogP contribution in [0.2, 0.25) is 0 Å². The van der Waals surface area contributed by atoms with Crippen LogP contribution < -0.4 is 10.1 Å². The molecule has 1 amide bonds. The number of hydrogen-bond acceptors (Lipinski definition) is 3. The molecule has 0 spiro atoms. The summed E-state index contributed by atoms with van der Waals surface area (Å²) < 4.78 is 7.15. The SMILES string of the molecule is CC(CCO)CNC(=O)COc1ccc(Br)cc1Br.